The van der Waals surface area contributed by atoms with Crippen LogP contribution in [0.4, 0.5) is 0 Å². The van der Waals surface area contributed by atoms with Crippen molar-refractivity contribution < 1.29 is 4.42 Å². The monoisotopic (exact) mass is 636 g/mol. The van der Waals surface area contributed by atoms with Gasteiger partial charge in [0.15, 0.2) is 5.58 Å². The Morgan fingerprint density at radius 2 is 1.29 bits per heavy atom. The van der Waals surface area contributed by atoms with E-state index in [2.05, 4.69) is 127 Å². The molecule has 1 aliphatic rings. The summed E-state index contributed by atoms with van der Waals surface area (Å²) in [4.78, 5) is 10.6. The van der Waals surface area contributed by atoms with Crippen molar-refractivity contribution in [1.82, 2.24) is 9.97 Å². The number of fused-ring (bicyclic) bond motifs is 8. The van der Waals surface area contributed by atoms with Crippen LogP contribution in [0.1, 0.15) is 43.8 Å². The fraction of sp³-hybridized carbons (Fsp3) is 0.136. The quantitative estimate of drug-likeness (QED) is 0.193. The third-order valence-corrected chi connectivity index (χ3v) is 11.5. The van der Waals surface area contributed by atoms with Gasteiger partial charge in [0.05, 0.1) is 5.39 Å². The summed E-state index contributed by atoms with van der Waals surface area (Å²) in [5.41, 5.74) is 9.33. The Hall–Kier alpha value is -5.32. The molecule has 0 saturated heterocycles. The molecule has 1 fully saturated rings. The molecule has 3 aromatic heterocycles. The number of nitrogens with zero attached hydrogens (tertiary/aromatic N) is 2. The van der Waals surface area contributed by atoms with Crippen molar-refractivity contribution in [2.45, 2.75) is 38.0 Å². The van der Waals surface area contributed by atoms with E-state index in [9.17, 15) is 0 Å². The zero-order valence-corrected chi connectivity index (χ0v) is 27.3. The van der Waals surface area contributed by atoms with Gasteiger partial charge in [-0.05, 0) is 70.1 Å². The standard InChI is InChI=1S/C44H32N2OS/c1-2-12-28(13-3-1)44-45-40(42-41(46-44)39-33-18-5-4-11-27(33)23-24-37(39)47-42)32-17-9-15-30(26-32)29-14-8-16-31(25-29)34-20-10-21-36-35-19-6-7-22-38(35)48-43(34)36/h4-11,14-26,28H,1-3,12-13H2. The van der Waals surface area contributed by atoms with Gasteiger partial charge >= 0.3 is 0 Å². The van der Waals surface area contributed by atoms with E-state index in [1.807, 2.05) is 11.3 Å². The van der Waals surface area contributed by atoms with Gasteiger partial charge in [0.25, 0.3) is 0 Å². The highest BCUT2D eigenvalue weighted by Gasteiger charge is 2.24. The lowest BCUT2D eigenvalue weighted by Crippen LogP contribution is -2.09. The van der Waals surface area contributed by atoms with Crippen LogP contribution < -0.4 is 0 Å². The first-order chi connectivity index (χ1) is 23.8. The third-order valence-electron chi connectivity index (χ3n) is 10.2. The number of aromatic nitrogens is 2. The molecule has 3 heterocycles. The van der Waals surface area contributed by atoms with Gasteiger partial charge in [-0.15, -0.1) is 11.3 Å². The Labute approximate surface area is 282 Å². The van der Waals surface area contributed by atoms with Gasteiger partial charge in [0.1, 0.15) is 22.6 Å². The van der Waals surface area contributed by atoms with Gasteiger partial charge in [-0.2, -0.15) is 0 Å². The lowest BCUT2D eigenvalue weighted by Gasteiger charge is -2.20. The highest BCUT2D eigenvalue weighted by Crippen LogP contribution is 2.43. The fourth-order valence-electron chi connectivity index (χ4n) is 7.85. The predicted octanol–water partition coefficient (Wildman–Crippen LogP) is 12.9. The van der Waals surface area contributed by atoms with Crippen molar-refractivity contribution in [3.8, 4) is 33.5 Å². The molecule has 230 valence electrons. The second kappa shape index (κ2) is 11.1. The van der Waals surface area contributed by atoms with Crippen molar-refractivity contribution in [2.75, 3.05) is 0 Å². The topological polar surface area (TPSA) is 38.9 Å². The van der Waals surface area contributed by atoms with E-state index < -0.39 is 0 Å². The molecule has 0 radical (unpaired) electrons. The molecule has 0 atom stereocenters. The summed E-state index contributed by atoms with van der Waals surface area (Å²) < 4.78 is 9.31. The Bertz CT molecular complexity index is 2680. The zero-order chi connectivity index (χ0) is 31.6. The minimum absolute atomic E-state index is 0.373. The summed E-state index contributed by atoms with van der Waals surface area (Å²) in [6.07, 6.45) is 6.04. The lowest BCUT2D eigenvalue weighted by atomic mass is 9.88. The lowest BCUT2D eigenvalue weighted by molar-refractivity contribution is 0.429. The summed E-state index contributed by atoms with van der Waals surface area (Å²) in [5.74, 6) is 1.33. The van der Waals surface area contributed by atoms with Gasteiger partial charge < -0.3 is 4.42 Å². The third kappa shape index (κ3) is 4.47. The highest BCUT2D eigenvalue weighted by molar-refractivity contribution is 7.26. The first-order valence-electron chi connectivity index (χ1n) is 17.0. The van der Waals surface area contributed by atoms with Crippen LogP contribution in [0.25, 0.3) is 86.5 Å². The molecular formula is C44H32N2OS. The molecule has 0 amide bonds. The number of rotatable bonds is 4. The van der Waals surface area contributed by atoms with Crippen LogP contribution in [0.15, 0.2) is 132 Å². The summed E-state index contributed by atoms with van der Waals surface area (Å²) in [6.45, 7) is 0. The van der Waals surface area contributed by atoms with Crippen LogP contribution in [0.2, 0.25) is 0 Å². The van der Waals surface area contributed by atoms with Crippen LogP contribution in [0, 0.1) is 0 Å². The average Bonchev–Trinajstić information content (AvgIpc) is 3.74. The summed E-state index contributed by atoms with van der Waals surface area (Å²) >= 11 is 1.88. The first kappa shape index (κ1) is 27.8. The van der Waals surface area contributed by atoms with Crippen molar-refractivity contribution in [3.05, 3.63) is 133 Å². The molecule has 10 rings (SSSR count). The molecule has 0 spiro atoms. The van der Waals surface area contributed by atoms with E-state index >= 15 is 0 Å². The van der Waals surface area contributed by atoms with Crippen LogP contribution in [-0.4, -0.2) is 9.97 Å². The van der Waals surface area contributed by atoms with Gasteiger partial charge in [-0.3, -0.25) is 0 Å². The number of thiophene rings is 1. The SMILES string of the molecule is c1cc(-c2cccc(-c3cccc4c3sc3ccccc34)c2)cc(-c2nc(C3CCCCC3)nc3c2oc2ccc4ccccc4c23)c1. The minimum atomic E-state index is 0.373. The normalized spacial score (nSPS) is 14.2. The maximum Gasteiger partial charge on any atom is 0.180 e. The van der Waals surface area contributed by atoms with E-state index in [-0.39, 0.29) is 0 Å². The fourth-order valence-corrected chi connectivity index (χ4v) is 9.09. The zero-order valence-electron chi connectivity index (χ0n) is 26.4. The maximum atomic E-state index is 6.65. The van der Waals surface area contributed by atoms with Crippen molar-refractivity contribution in [2.24, 2.45) is 0 Å². The Balaban J connectivity index is 1.13. The second-order valence-electron chi connectivity index (χ2n) is 13.1. The van der Waals surface area contributed by atoms with Crippen molar-refractivity contribution in [1.29, 1.82) is 0 Å². The van der Waals surface area contributed by atoms with E-state index in [0.717, 1.165) is 57.6 Å². The highest BCUT2D eigenvalue weighted by atomic mass is 32.1. The Kier molecular flexibility index (Phi) is 6.44. The van der Waals surface area contributed by atoms with E-state index in [1.165, 1.54) is 66.9 Å². The Morgan fingerprint density at radius 3 is 2.17 bits per heavy atom. The van der Waals surface area contributed by atoms with E-state index in [4.69, 9.17) is 14.4 Å². The number of hydrogen-bond acceptors (Lipinski definition) is 4. The van der Waals surface area contributed by atoms with Crippen LogP contribution in [-0.2, 0) is 0 Å². The average molecular weight is 637 g/mol. The summed E-state index contributed by atoms with van der Waals surface area (Å²) in [7, 11) is 0. The predicted molar refractivity (Wildman–Crippen MR) is 202 cm³/mol. The number of benzene rings is 6. The molecule has 3 nitrogen and oxygen atoms in total. The molecule has 6 aromatic carbocycles. The molecule has 48 heavy (non-hydrogen) atoms. The van der Waals surface area contributed by atoms with Gasteiger partial charge in [-0.25, -0.2) is 9.97 Å². The molecular weight excluding hydrogens is 605 g/mol. The molecule has 1 saturated carbocycles. The Morgan fingerprint density at radius 1 is 0.583 bits per heavy atom. The summed E-state index contributed by atoms with van der Waals surface area (Å²) in [6, 6.07) is 45.9. The molecule has 0 aliphatic heterocycles. The van der Waals surface area contributed by atoms with E-state index in [0.29, 0.717) is 5.92 Å². The number of furan rings is 1. The molecule has 0 N–H and O–H groups in total. The summed E-state index contributed by atoms with van der Waals surface area (Å²) in [5, 5.41) is 6.10. The van der Waals surface area contributed by atoms with Gasteiger partial charge in [-0.1, -0.05) is 122 Å². The second-order valence-corrected chi connectivity index (χ2v) is 14.2. The van der Waals surface area contributed by atoms with Crippen molar-refractivity contribution in [3.63, 3.8) is 0 Å². The molecule has 4 heteroatoms. The molecule has 0 unspecified atom stereocenters. The maximum absolute atomic E-state index is 6.65. The van der Waals surface area contributed by atoms with Crippen LogP contribution >= 0.6 is 11.3 Å². The van der Waals surface area contributed by atoms with Crippen LogP contribution in [0.3, 0.4) is 0 Å². The molecule has 9 aromatic rings. The molecule has 1 aliphatic carbocycles. The number of hydrogen-bond donors (Lipinski definition) is 0. The first-order valence-corrected chi connectivity index (χ1v) is 17.8. The van der Waals surface area contributed by atoms with E-state index in [1.54, 1.807) is 0 Å². The smallest absolute Gasteiger partial charge is 0.180 e. The minimum Gasteiger partial charge on any atom is -0.452 e. The molecule has 0 bridgehead atoms. The van der Waals surface area contributed by atoms with Gasteiger partial charge in [0.2, 0.25) is 0 Å². The van der Waals surface area contributed by atoms with Gasteiger partial charge in [0, 0.05) is 31.7 Å². The van der Waals surface area contributed by atoms with Crippen LogP contribution in [0.5, 0.6) is 0 Å². The van der Waals surface area contributed by atoms with Crippen molar-refractivity contribution >= 4 is 64.4 Å². The largest absolute Gasteiger partial charge is 0.452 e.